The number of carbonyl (C=O) groups is 1. The van der Waals surface area contributed by atoms with E-state index in [9.17, 15) is 4.79 Å². The number of methoxy groups -OCH3 is 1. The molecule has 0 bridgehead atoms. The van der Waals surface area contributed by atoms with Gasteiger partial charge in [-0.25, -0.2) is 9.97 Å². The summed E-state index contributed by atoms with van der Waals surface area (Å²) < 4.78 is 9.24. The monoisotopic (exact) mass is 387 g/mol. The Morgan fingerprint density at radius 2 is 2.14 bits per heavy atom. The molecule has 0 spiro atoms. The number of imidazole rings is 2. The number of nitrogens with one attached hydrogen (secondary N) is 1. The third kappa shape index (κ3) is 3.47. The molecule has 0 saturated heterocycles. The second kappa shape index (κ2) is 7.09. The Balaban J connectivity index is 1.49. The molecule has 3 heterocycles. The smallest absolute Gasteiger partial charge is 0.276 e. The maximum Gasteiger partial charge on any atom is 0.276 e. The van der Waals surface area contributed by atoms with Crippen molar-refractivity contribution in [1.29, 1.82) is 0 Å². The predicted molar refractivity (Wildman–Crippen MR) is 110 cm³/mol. The lowest BCUT2D eigenvalue weighted by atomic mass is 10.2. The van der Waals surface area contributed by atoms with Gasteiger partial charge in [-0.15, -0.1) is 0 Å². The number of benzene rings is 1. The molecule has 7 heteroatoms. The van der Waals surface area contributed by atoms with Crippen molar-refractivity contribution in [3.05, 3.63) is 66.9 Å². The fraction of sp³-hybridized carbons (Fsp3) is 0.227. The fourth-order valence-electron chi connectivity index (χ4n) is 3.45. The topological polar surface area (TPSA) is 73.4 Å². The zero-order valence-electron chi connectivity index (χ0n) is 16.1. The summed E-state index contributed by atoms with van der Waals surface area (Å²) in [5.41, 5.74) is 2.51. The van der Waals surface area contributed by atoms with Gasteiger partial charge in [0.2, 0.25) is 0 Å². The molecule has 0 aliphatic heterocycles. The summed E-state index contributed by atoms with van der Waals surface area (Å²) in [5, 5.41) is 2.91. The summed E-state index contributed by atoms with van der Waals surface area (Å²) >= 11 is 0. The van der Waals surface area contributed by atoms with Crippen molar-refractivity contribution in [3.8, 4) is 17.3 Å². The Labute approximate surface area is 168 Å². The van der Waals surface area contributed by atoms with Crippen LogP contribution in [0.25, 0.3) is 17.0 Å². The third-order valence-corrected chi connectivity index (χ3v) is 5.12. The summed E-state index contributed by atoms with van der Waals surface area (Å²) in [7, 11) is 1.60. The minimum atomic E-state index is -0.273. The third-order valence-electron chi connectivity index (χ3n) is 5.12. The van der Waals surface area contributed by atoms with Gasteiger partial charge < -0.3 is 14.6 Å². The highest BCUT2D eigenvalue weighted by Crippen LogP contribution is 2.31. The summed E-state index contributed by atoms with van der Waals surface area (Å²) in [5.74, 6) is 1.83. The SMILES string of the molecule is COc1cccc(NC(=O)c2nc(-c3cn(CC4CC4)cn3)n3ccccc23)c1. The first-order valence-corrected chi connectivity index (χ1v) is 9.66. The maximum atomic E-state index is 13.0. The summed E-state index contributed by atoms with van der Waals surface area (Å²) in [6, 6.07) is 13.0. The molecule has 5 rings (SSSR count). The van der Waals surface area contributed by atoms with Crippen molar-refractivity contribution < 1.29 is 9.53 Å². The molecular weight excluding hydrogens is 366 g/mol. The molecule has 3 aromatic heterocycles. The molecule has 1 fully saturated rings. The number of aromatic nitrogens is 4. The molecule has 7 nitrogen and oxygen atoms in total. The molecule has 1 saturated carbocycles. The first kappa shape index (κ1) is 17.5. The first-order chi connectivity index (χ1) is 14.2. The Morgan fingerprint density at radius 3 is 2.97 bits per heavy atom. The maximum absolute atomic E-state index is 13.0. The lowest BCUT2D eigenvalue weighted by molar-refractivity contribution is 0.102. The number of hydrogen-bond donors (Lipinski definition) is 1. The normalized spacial score (nSPS) is 13.6. The second-order valence-corrected chi connectivity index (χ2v) is 7.33. The Kier molecular flexibility index (Phi) is 4.27. The number of hydrogen-bond acceptors (Lipinski definition) is 4. The predicted octanol–water partition coefficient (Wildman–Crippen LogP) is 3.87. The first-order valence-electron chi connectivity index (χ1n) is 9.66. The molecule has 0 radical (unpaired) electrons. The van der Waals surface area contributed by atoms with Crippen LogP contribution in [0.3, 0.4) is 0 Å². The minimum Gasteiger partial charge on any atom is -0.497 e. The van der Waals surface area contributed by atoms with Crippen LogP contribution >= 0.6 is 0 Å². The number of amides is 1. The second-order valence-electron chi connectivity index (χ2n) is 7.33. The van der Waals surface area contributed by atoms with Crippen LogP contribution in [0.2, 0.25) is 0 Å². The summed E-state index contributed by atoms with van der Waals surface area (Å²) in [4.78, 5) is 22.2. The average Bonchev–Trinajstić information content (AvgIpc) is 3.29. The standard InChI is InChI=1S/C22H21N5O2/c1-29-17-6-4-5-16(11-17)24-22(28)20-19-7-2-3-10-27(19)21(25-20)18-13-26(14-23-18)12-15-8-9-15/h2-7,10-11,13-15H,8-9,12H2,1H3,(H,24,28). The van der Waals surface area contributed by atoms with Crippen molar-refractivity contribution in [3.63, 3.8) is 0 Å². The van der Waals surface area contributed by atoms with E-state index in [4.69, 9.17) is 4.74 Å². The van der Waals surface area contributed by atoms with Crippen LogP contribution in [0.15, 0.2) is 61.2 Å². The summed E-state index contributed by atoms with van der Waals surface area (Å²) in [6.07, 6.45) is 8.32. The lowest BCUT2D eigenvalue weighted by Gasteiger charge is -2.05. The zero-order valence-corrected chi connectivity index (χ0v) is 16.1. The molecule has 0 atom stereocenters. The van der Waals surface area contributed by atoms with Gasteiger partial charge in [0.1, 0.15) is 11.4 Å². The highest BCUT2D eigenvalue weighted by Gasteiger charge is 2.23. The molecule has 146 valence electrons. The van der Waals surface area contributed by atoms with E-state index >= 15 is 0 Å². The number of rotatable bonds is 6. The van der Waals surface area contributed by atoms with Gasteiger partial charge in [-0.2, -0.15) is 0 Å². The Morgan fingerprint density at radius 1 is 1.24 bits per heavy atom. The molecule has 29 heavy (non-hydrogen) atoms. The minimum absolute atomic E-state index is 0.273. The van der Waals surface area contributed by atoms with Crippen LogP contribution in [0.1, 0.15) is 23.3 Å². The van der Waals surface area contributed by atoms with Crippen molar-refractivity contribution >= 4 is 17.1 Å². The number of fused-ring (bicyclic) bond motifs is 1. The number of ether oxygens (including phenoxy) is 1. The van der Waals surface area contributed by atoms with Crippen LogP contribution in [0.5, 0.6) is 5.75 Å². The van der Waals surface area contributed by atoms with E-state index in [0.717, 1.165) is 23.7 Å². The van der Waals surface area contributed by atoms with Gasteiger partial charge in [0.05, 0.1) is 19.0 Å². The Hall–Kier alpha value is -3.61. The van der Waals surface area contributed by atoms with E-state index in [1.165, 1.54) is 12.8 Å². The van der Waals surface area contributed by atoms with E-state index in [2.05, 4.69) is 19.9 Å². The quantitative estimate of drug-likeness (QED) is 0.545. The molecule has 1 aliphatic rings. The van der Waals surface area contributed by atoms with Crippen LogP contribution in [0, 0.1) is 5.92 Å². The van der Waals surface area contributed by atoms with Crippen LogP contribution < -0.4 is 10.1 Å². The molecule has 1 aromatic carbocycles. The summed E-state index contributed by atoms with van der Waals surface area (Å²) in [6.45, 7) is 0.986. The average molecular weight is 387 g/mol. The van der Waals surface area contributed by atoms with Gasteiger partial charge in [-0.05, 0) is 43.0 Å². The highest BCUT2D eigenvalue weighted by molar-refractivity contribution is 6.08. The van der Waals surface area contributed by atoms with Gasteiger partial charge in [0.25, 0.3) is 5.91 Å². The van der Waals surface area contributed by atoms with Crippen molar-refractivity contribution in [2.45, 2.75) is 19.4 Å². The van der Waals surface area contributed by atoms with E-state index in [0.29, 0.717) is 23.0 Å². The van der Waals surface area contributed by atoms with Crippen molar-refractivity contribution in [2.75, 3.05) is 12.4 Å². The van der Waals surface area contributed by atoms with Crippen molar-refractivity contribution in [1.82, 2.24) is 18.9 Å². The number of anilines is 1. The zero-order chi connectivity index (χ0) is 19.8. The highest BCUT2D eigenvalue weighted by atomic mass is 16.5. The molecular formula is C22H21N5O2. The van der Waals surface area contributed by atoms with E-state index in [1.807, 2.05) is 59.5 Å². The molecule has 1 aliphatic carbocycles. The molecule has 1 amide bonds. The van der Waals surface area contributed by atoms with E-state index in [-0.39, 0.29) is 5.91 Å². The van der Waals surface area contributed by atoms with Gasteiger partial charge in [0.15, 0.2) is 11.5 Å². The fourth-order valence-corrected chi connectivity index (χ4v) is 3.45. The molecule has 1 N–H and O–H groups in total. The number of nitrogens with zero attached hydrogens (tertiary/aromatic N) is 4. The van der Waals surface area contributed by atoms with Crippen molar-refractivity contribution in [2.24, 2.45) is 5.92 Å². The molecule has 4 aromatic rings. The van der Waals surface area contributed by atoms with E-state index in [1.54, 1.807) is 13.2 Å². The Bertz CT molecular complexity index is 1190. The van der Waals surface area contributed by atoms with Gasteiger partial charge >= 0.3 is 0 Å². The van der Waals surface area contributed by atoms with E-state index < -0.39 is 0 Å². The largest absolute Gasteiger partial charge is 0.497 e. The number of carbonyl (C=O) groups excluding carboxylic acids is 1. The van der Waals surface area contributed by atoms with Gasteiger partial charge in [0, 0.05) is 30.7 Å². The van der Waals surface area contributed by atoms with Crippen LogP contribution in [-0.4, -0.2) is 32.0 Å². The number of pyridine rings is 1. The van der Waals surface area contributed by atoms with Crippen LogP contribution in [-0.2, 0) is 6.54 Å². The molecule has 0 unspecified atom stereocenters. The van der Waals surface area contributed by atoms with Gasteiger partial charge in [-0.1, -0.05) is 12.1 Å². The van der Waals surface area contributed by atoms with Crippen LogP contribution in [0.4, 0.5) is 5.69 Å². The lowest BCUT2D eigenvalue weighted by Crippen LogP contribution is -2.12. The van der Waals surface area contributed by atoms with Gasteiger partial charge in [-0.3, -0.25) is 9.20 Å².